The molecule has 3 amide bonds. The molecule has 2 heterocycles. The fraction of sp³-hybridized carbons (Fsp3) is 0.286. The van der Waals surface area contributed by atoms with E-state index in [1.807, 2.05) is 0 Å². The van der Waals surface area contributed by atoms with Gasteiger partial charge in [-0.2, -0.15) is 0 Å². The van der Waals surface area contributed by atoms with Gasteiger partial charge >= 0.3 is 6.03 Å². The molecule has 39 heavy (non-hydrogen) atoms. The molecule has 0 spiro atoms. The van der Waals surface area contributed by atoms with Gasteiger partial charge in [0, 0.05) is 29.3 Å². The average molecular weight is 542 g/mol. The average Bonchev–Trinajstić information content (AvgIpc) is 3.28. The highest BCUT2D eigenvalue weighted by molar-refractivity contribution is 6.00. The van der Waals surface area contributed by atoms with Crippen LogP contribution in [0.4, 0.5) is 29.3 Å². The van der Waals surface area contributed by atoms with Crippen molar-refractivity contribution >= 4 is 23.3 Å². The van der Waals surface area contributed by atoms with Crippen LogP contribution in [0, 0.1) is 17.5 Å². The number of halogens is 3. The van der Waals surface area contributed by atoms with E-state index in [9.17, 15) is 27.9 Å². The first-order valence-corrected chi connectivity index (χ1v) is 12.4. The van der Waals surface area contributed by atoms with Crippen LogP contribution in [0.5, 0.6) is 5.75 Å². The van der Waals surface area contributed by atoms with Gasteiger partial charge in [0.05, 0.1) is 24.8 Å². The van der Waals surface area contributed by atoms with E-state index in [-0.39, 0.29) is 36.7 Å². The van der Waals surface area contributed by atoms with Crippen LogP contribution in [0.2, 0.25) is 0 Å². The van der Waals surface area contributed by atoms with Crippen LogP contribution in [-0.4, -0.2) is 42.0 Å². The SMILES string of the molecule is O=C(C[C@H]1C[C@H]2c3cc(NC(=O)Nc4ccccc4F)ccc3O[C@H]2[C@@H](CO)O1)NCc1cc(F)ccc1F. The van der Waals surface area contributed by atoms with Gasteiger partial charge in [0.1, 0.15) is 35.4 Å². The number of carbonyl (C=O) groups excluding carboxylic acids is 2. The molecule has 0 saturated carbocycles. The summed E-state index contributed by atoms with van der Waals surface area (Å²) in [5.74, 6) is -1.88. The van der Waals surface area contributed by atoms with Crippen molar-refractivity contribution in [1.29, 1.82) is 0 Å². The number of ether oxygens (including phenoxy) is 2. The number of para-hydroxylation sites is 1. The second kappa shape index (κ2) is 11.3. The largest absolute Gasteiger partial charge is 0.487 e. The summed E-state index contributed by atoms with van der Waals surface area (Å²) in [5, 5.41) is 17.7. The van der Waals surface area contributed by atoms with E-state index in [0.29, 0.717) is 17.9 Å². The van der Waals surface area contributed by atoms with E-state index in [2.05, 4.69) is 16.0 Å². The van der Waals surface area contributed by atoms with Gasteiger partial charge in [-0.3, -0.25) is 4.79 Å². The van der Waals surface area contributed by atoms with Crippen LogP contribution in [0.1, 0.15) is 29.9 Å². The highest BCUT2D eigenvalue weighted by Gasteiger charge is 2.46. The van der Waals surface area contributed by atoms with Gasteiger partial charge in [-0.25, -0.2) is 18.0 Å². The molecule has 1 saturated heterocycles. The molecular weight excluding hydrogens is 515 g/mol. The fourth-order valence-electron chi connectivity index (χ4n) is 4.97. The lowest BCUT2D eigenvalue weighted by molar-refractivity contribution is -0.142. The van der Waals surface area contributed by atoms with Crippen LogP contribution in [0.15, 0.2) is 60.7 Å². The Hall–Kier alpha value is -4.09. The van der Waals surface area contributed by atoms with E-state index in [1.54, 1.807) is 24.3 Å². The van der Waals surface area contributed by atoms with E-state index in [0.717, 1.165) is 23.8 Å². The molecule has 0 radical (unpaired) electrons. The Labute approximate surface area is 222 Å². The zero-order chi connectivity index (χ0) is 27.5. The first-order chi connectivity index (χ1) is 18.8. The van der Waals surface area contributed by atoms with Crippen molar-refractivity contribution in [2.75, 3.05) is 17.2 Å². The predicted octanol–water partition coefficient (Wildman–Crippen LogP) is 4.45. The summed E-state index contributed by atoms with van der Waals surface area (Å²) in [4.78, 5) is 25.0. The van der Waals surface area contributed by atoms with E-state index >= 15 is 0 Å². The number of aliphatic hydroxyl groups excluding tert-OH is 1. The maximum Gasteiger partial charge on any atom is 0.323 e. The lowest BCUT2D eigenvalue weighted by atomic mass is 9.84. The topological polar surface area (TPSA) is 109 Å². The molecule has 5 rings (SSSR count). The van der Waals surface area contributed by atoms with Gasteiger partial charge in [0.2, 0.25) is 5.91 Å². The quantitative estimate of drug-likeness (QED) is 0.354. The Kier molecular flexibility index (Phi) is 7.71. The molecule has 11 heteroatoms. The summed E-state index contributed by atoms with van der Waals surface area (Å²) < 4.78 is 53.1. The summed E-state index contributed by atoms with van der Waals surface area (Å²) in [6, 6.07) is 13.3. The lowest BCUT2D eigenvalue weighted by Gasteiger charge is -2.37. The second-order valence-electron chi connectivity index (χ2n) is 9.43. The van der Waals surface area contributed by atoms with Crippen LogP contribution < -0.4 is 20.7 Å². The van der Waals surface area contributed by atoms with Gasteiger partial charge < -0.3 is 30.5 Å². The number of hydrogen-bond acceptors (Lipinski definition) is 5. The van der Waals surface area contributed by atoms with Crippen molar-refractivity contribution < 1.29 is 37.3 Å². The normalized spacial score (nSPS) is 21.3. The molecule has 4 N–H and O–H groups in total. The Bertz CT molecular complexity index is 1390. The monoisotopic (exact) mass is 541 g/mol. The van der Waals surface area contributed by atoms with Crippen LogP contribution >= 0.6 is 0 Å². The molecule has 3 aromatic carbocycles. The number of nitrogens with one attached hydrogen (secondary N) is 3. The number of amides is 3. The van der Waals surface area contributed by atoms with Gasteiger partial charge in [0.15, 0.2) is 0 Å². The Morgan fingerprint density at radius 2 is 1.79 bits per heavy atom. The molecule has 3 aromatic rings. The predicted molar refractivity (Wildman–Crippen MR) is 136 cm³/mol. The highest BCUT2D eigenvalue weighted by atomic mass is 19.1. The molecular formula is C28H26F3N3O5. The standard InChI is InChI=1S/C28H26F3N3O5/c29-16-5-7-21(30)15(9-16)13-32-26(36)12-18-11-20-19-10-17(6-8-24(19)39-27(20)25(14-35)38-18)33-28(37)34-23-4-2-1-3-22(23)31/h1-10,18,20,25,27,35H,11-14H2,(H,32,36)(H2,33,34,37)/t18-,20+,25-,27-/m1/s1. The Morgan fingerprint density at radius 3 is 2.59 bits per heavy atom. The van der Waals surface area contributed by atoms with Gasteiger partial charge in [-0.1, -0.05) is 12.1 Å². The number of rotatable bonds is 7. The molecule has 4 atom stereocenters. The number of carbonyl (C=O) groups is 2. The van der Waals surface area contributed by atoms with Crippen molar-refractivity contribution in [2.24, 2.45) is 0 Å². The first kappa shape index (κ1) is 26.5. The molecule has 0 aromatic heterocycles. The van der Waals surface area contributed by atoms with Crippen molar-refractivity contribution in [3.05, 3.63) is 89.2 Å². The third-order valence-electron chi connectivity index (χ3n) is 6.78. The van der Waals surface area contributed by atoms with Crippen molar-refractivity contribution in [2.45, 2.75) is 43.6 Å². The number of urea groups is 1. The Morgan fingerprint density at radius 1 is 0.974 bits per heavy atom. The number of hydrogen-bond donors (Lipinski definition) is 4. The number of benzene rings is 3. The molecule has 2 aliphatic rings. The van der Waals surface area contributed by atoms with E-state index in [1.165, 1.54) is 18.2 Å². The third-order valence-corrected chi connectivity index (χ3v) is 6.78. The molecule has 204 valence electrons. The lowest BCUT2D eigenvalue weighted by Crippen LogP contribution is -2.47. The van der Waals surface area contributed by atoms with Crippen molar-refractivity contribution in [1.82, 2.24) is 5.32 Å². The molecule has 0 aliphatic carbocycles. The second-order valence-corrected chi connectivity index (χ2v) is 9.43. The molecule has 1 fully saturated rings. The smallest absolute Gasteiger partial charge is 0.323 e. The summed E-state index contributed by atoms with van der Waals surface area (Å²) in [6.45, 7) is -0.515. The van der Waals surface area contributed by atoms with Crippen LogP contribution in [-0.2, 0) is 16.1 Å². The first-order valence-electron chi connectivity index (χ1n) is 12.4. The number of fused-ring (bicyclic) bond motifs is 3. The number of anilines is 2. The zero-order valence-electron chi connectivity index (χ0n) is 20.6. The van der Waals surface area contributed by atoms with Crippen molar-refractivity contribution in [3.63, 3.8) is 0 Å². The van der Waals surface area contributed by atoms with Crippen molar-refractivity contribution in [3.8, 4) is 5.75 Å². The molecule has 2 aliphatic heterocycles. The van der Waals surface area contributed by atoms with Gasteiger partial charge in [-0.15, -0.1) is 0 Å². The zero-order valence-corrected chi connectivity index (χ0v) is 20.6. The molecule has 8 nitrogen and oxygen atoms in total. The summed E-state index contributed by atoms with van der Waals surface area (Å²) >= 11 is 0. The van der Waals surface area contributed by atoms with Gasteiger partial charge in [-0.05, 0) is 55.0 Å². The minimum absolute atomic E-state index is 0.0263. The molecule has 0 bridgehead atoms. The molecule has 0 unspecified atom stereocenters. The highest BCUT2D eigenvalue weighted by Crippen LogP contribution is 2.47. The maximum atomic E-state index is 13.9. The minimum Gasteiger partial charge on any atom is -0.487 e. The summed E-state index contributed by atoms with van der Waals surface area (Å²) in [6.07, 6.45) is -1.43. The third kappa shape index (κ3) is 5.99. The number of aliphatic hydroxyl groups is 1. The van der Waals surface area contributed by atoms with Crippen LogP contribution in [0.25, 0.3) is 0 Å². The van der Waals surface area contributed by atoms with E-state index < -0.39 is 47.7 Å². The van der Waals surface area contributed by atoms with Crippen LogP contribution in [0.3, 0.4) is 0 Å². The van der Waals surface area contributed by atoms with Gasteiger partial charge in [0.25, 0.3) is 0 Å². The summed E-state index contributed by atoms with van der Waals surface area (Å²) in [7, 11) is 0. The van der Waals surface area contributed by atoms with E-state index in [4.69, 9.17) is 9.47 Å². The fourth-order valence-corrected chi connectivity index (χ4v) is 4.97. The Balaban J connectivity index is 1.24. The minimum atomic E-state index is -0.699. The maximum absolute atomic E-state index is 13.9. The summed E-state index contributed by atoms with van der Waals surface area (Å²) in [5.41, 5.74) is 1.29.